The van der Waals surface area contributed by atoms with E-state index in [1.807, 2.05) is 0 Å². The molecule has 0 aliphatic rings. The van der Waals surface area contributed by atoms with Crippen molar-refractivity contribution in [2.24, 2.45) is 7.05 Å². The minimum atomic E-state index is -0.425. The van der Waals surface area contributed by atoms with Crippen LogP contribution in [0.15, 0.2) is 18.2 Å². The van der Waals surface area contributed by atoms with Gasteiger partial charge in [-0.15, -0.1) is 0 Å². The lowest BCUT2D eigenvalue weighted by Gasteiger charge is -2.08. The molecule has 0 aliphatic heterocycles. The van der Waals surface area contributed by atoms with Gasteiger partial charge in [0, 0.05) is 10.6 Å². The second-order valence-electron chi connectivity index (χ2n) is 4.09. The fraction of sp³-hybridized carbons (Fsp3) is 0.167. The third-order valence-corrected chi connectivity index (χ3v) is 3.37. The number of aromatic hydroxyl groups is 1. The SMILES string of the molecule is Cc1nn(C)c(NC(=O)c2cc(I)ccc2O)c1N. The topological polar surface area (TPSA) is 93.2 Å². The van der Waals surface area contributed by atoms with Crippen LogP contribution in [0, 0.1) is 10.5 Å². The second-order valence-corrected chi connectivity index (χ2v) is 5.33. The summed E-state index contributed by atoms with van der Waals surface area (Å²) in [6.45, 7) is 1.76. The Labute approximate surface area is 123 Å². The van der Waals surface area contributed by atoms with Crippen molar-refractivity contribution in [1.82, 2.24) is 9.78 Å². The van der Waals surface area contributed by atoms with Crippen LogP contribution < -0.4 is 11.1 Å². The standard InChI is InChI=1S/C12H13IN4O2/c1-6-10(14)11(17(2)16-6)15-12(19)8-5-7(13)3-4-9(8)18/h3-5,18H,14H2,1-2H3,(H,15,19). The number of nitrogens with zero attached hydrogens (tertiary/aromatic N) is 2. The number of benzene rings is 1. The van der Waals surface area contributed by atoms with Crippen LogP contribution in [0.2, 0.25) is 0 Å². The van der Waals surface area contributed by atoms with E-state index >= 15 is 0 Å². The van der Waals surface area contributed by atoms with E-state index in [-0.39, 0.29) is 11.3 Å². The number of amides is 1. The molecule has 0 spiro atoms. The number of halogens is 1. The van der Waals surface area contributed by atoms with Crippen molar-refractivity contribution in [2.45, 2.75) is 6.92 Å². The van der Waals surface area contributed by atoms with E-state index in [1.54, 1.807) is 26.1 Å². The van der Waals surface area contributed by atoms with E-state index in [9.17, 15) is 9.90 Å². The first-order valence-corrected chi connectivity index (χ1v) is 6.57. The maximum absolute atomic E-state index is 12.1. The van der Waals surface area contributed by atoms with Crippen molar-refractivity contribution in [3.05, 3.63) is 33.0 Å². The van der Waals surface area contributed by atoms with E-state index in [4.69, 9.17) is 5.73 Å². The zero-order valence-electron chi connectivity index (χ0n) is 10.4. The van der Waals surface area contributed by atoms with Crippen molar-refractivity contribution < 1.29 is 9.90 Å². The summed E-state index contributed by atoms with van der Waals surface area (Å²) in [5.74, 6) is -0.0816. The summed E-state index contributed by atoms with van der Waals surface area (Å²) in [6, 6.07) is 4.80. The molecule has 19 heavy (non-hydrogen) atoms. The molecule has 0 unspecified atom stereocenters. The molecule has 0 aliphatic carbocycles. The molecule has 1 aromatic heterocycles. The number of nitrogens with one attached hydrogen (secondary N) is 1. The van der Waals surface area contributed by atoms with Crippen LogP contribution in [0.4, 0.5) is 11.5 Å². The van der Waals surface area contributed by atoms with Gasteiger partial charge >= 0.3 is 0 Å². The number of hydrogen-bond donors (Lipinski definition) is 3. The van der Waals surface area contributed by atoms with E-state index < -0.39 is 5.91 Å². The Bertz CT molecular complexity index is 651. The van der Waals surface area contributed by atoms with E-state index in [1.165, 1.54) is 10.7 Å². The summed E-state index contributed by atoms with van der Waals surface area (Å²) in [4.78, 5) is 12.1. The number of anilines is 2. The molecule has 0 radical (unpaired) electrons. The third kappa shape index (κ3) is 2.65. The van der Waals surface area contributed by atoms with E-state index in [2.05, 4.69) is 33.0 Å². The third-order valence-electron chi connectivity index (χ3n) is 2.70. The molecule has 2 aromatic rings. The Balaban J connectivity index is 2.33. The second kappa shape index (κ2) is 5.08. The molecular weight excluding hydrogens is 359 g/mol. The van der Waals surface area contributed by atoms with Gasteiger partial charge in [-0.25, -0.2) is 0 Å². The quantitative estimate of drug-likeness (QED) is 0.702. The van der Waals surface area contributed by atoms with Crippen LogP contribution in [-0.2, 0) is 7.05 Å². The van der Waals surface area contributed by atoms with Gasteiger partial charge in [-0.3, -0.25) is 9.48 Å². The molecule has 7 heteroatoms. The highest BCUT2D eigenvalue weighted by Crippen LogP contribution is 2.24. The summed E-state index contributed by atoms with van der Waals surface area (Å²) < 4.78 is 2.35. The summed E-state index contributed by atoms with van der Waals surface area (Å²) in [5.41, 5.74) is 7.10. The van der Waals surface area contributed by atoms with Crippen LogP contribution in [0.5, 0.6) is 5.75 Å². The Hall–Kier alpha value is -1.77. The van der Waals surface area contributed by atoms with Gasteiger partial charge < -0.3 is 16.2 Å². The Morgan fingerprint density at radius 3 is 2.79 bits per heavy atom. The predicted molar refractivity (Wildman–Crippen MR) is 81.1 cm³/mol. The Morgan fingerprint density at radius 1 is 1.53 bits per heavy atom. The lowest BCUT2D eigenvalue weighted by atomic mass is 10.2. The highest BCUT2D eigenvalue weighted by Gasteiger charge is 2.16. The Kier molecular flexibility index (Phi) is 3.65. The first kappa shape index (κ1) is 13.7. The van der Waals surface area contributed by atoms with Gasteiger partial charge in [0.2, 0.25) is 0 Å². The summed E-state index contributed by atoms with van der Waals surface area (Å²) in [6.07, 6.45) is 0. The fourth-order valence-corrected chi connectivity index (χ4v) is 2.18. The van der Waals surface area contributed by atoms with Crippen molar-refractivity contribution in [2.75, 3.05) is 11.1 Å². The van der Waals surface area contributed by atoms with Crippen molar-refractivity contribution in [1.29, 1.82) is 0 Å². The summed E-state index contributed by atoms with van der Waals surface area (Å²) in [7, 11) is 1.69. The molecule has 0 saturated carbocycles. The molecule has 2 rings (SSSR count). The zero-order chi connectivity index (χ0) is 14.2. The number of aromatic nitrogens is 2. The minimum absolute atomic E-state index is 0.0737. The van der Waals surface area contributed by atoms with Crippen LogP contribution in [0.3, 0.4) is 0 Å². The smallest absolute Gasteiger partial charge is 0.260 e. The molecule has 1 heterocycles. The molecule has 0 bridgehead atoms. The number of carbonyl (C=O) groups excluding carboxylic acids is 1. The number of nitrogen functional groups attached to an aromatic ring is 1. The number of nitrogens with two attached hydrogens (primary N) is 1. The number of phenols is 1. The van der Waals surface area contributed by atoms with Gasteiger partial charge in [-0.05, 0) is 47.7 Å². The van der Waals surface area contributed by atoms with Gasteiger partial charge in [0.25, 0.3) is 5.91 Å². The van der Waals surface area contributed by atoms with Gasteiger partial charge in [0.15, 0.2) is 5.82 Å². The number of hydrogen-bond acceptors (Lipinski definition) is 4. The molecule has 4 N–H and O–H groups in total. The minimum Gasteiger partial charge on any atom is -0.507 e. The maximum atomic E-state index is 12.1. The molecule has 6 nitrogen and oxygen atoms in total. The molecule has 1 amide bonds. The summed E-state index contributed by atoms with van der Waals surface area (Å²) in [5, 5.41) is 16.5. The zero-order valence-corrected chi connectivity index (χ0v) is 12.6. The highest BCUT2D eigenvalue weighted by molar-refractivity contribution is 14.1. The highest BCUT2D eigenvalue weighted by atomic mass is 127. The van der Waals surface area contributed by atoms with Crippen molar-refractivity contribution in [3.8, 4) is 5.75 Å². The monoisotopic (exact) mass is 372 g/mol. The van der Waals surface area contributed by atoms with Crippen LogP contribution >= 0.6 is 22.6 Å². The predicted octanol–water partition coefficient (Wildman–Crippen LogP) is 1.87. The largest absolute Gasteiger partial charge is 0.507 e. The first-order chi connectivity index (χ1) is 8.90. The van der Waals surface area contributed by atoms with Gasteiger partial charge in [0.1, 0.15) is 5.75 Å². The maximum Gasteiger partial charge on any atom is 0.260 e. The van der Waals surface area contributed by atoms with Crippen molar-refractivity contribution in [3.63, 3.8) is 0 Å². The van der Waals surface area contributed by atoms with Crippen LogP contribution in [0.25, 0.3) is 0 Å². The molecule has 1 aromatic carbocycles. The molecular formula is C12H13IN4O2. The van der Waals surface area contributed by atoms with Crippen LogP contribution in [-0.4, -0.2) is 20.8 Å². The lowest BCUT2D eigenvalue weighted by molar-refractivity contribution is 0.102. The molecule has 0 atom stereocenters. The van der Waals surface area contributed by atoms with Crippen molar-refractivity contribution >= 4 is 40.0 Å². The average molecular weight is 372 g/mol. The van der Waals surface area contributed by atoms with Gasteiger partial charge in [-0.1, -0.05) is 0 Å². The molecule has 0 fully saturated rings. The number of aryl methyl sites for hydroxylation is 2. The number of carbonyl (C=O) groups is 1. The first-order valence-electron chi connectivity index (χ1n) is 5.49. The Morgan fingerprint density at radius 2 is 2.21 bits per heavy atom. The van der Waals surface area contributed by atoms with E-state index in [0.29, 0.717) is 17.2 Å². The number of phenolic OH excluding ortho intramolecular Hbond substituents is 1. The fourth-order valence-electron chi connectivity index (χ4n) is 1.69. The average Bonchev–Trinajstić information content (AvgIpc) is 2.59. The lowest BCUT2D eigenvalue weighted by Crippen LogP contribution is -2.16. The number of rotatable bonds is 2. The molecule has 0 saturated heterocycles. The summed E-state index contributed by atoms with van der Waals surface area (Å²) >= 11 is 2.07. The normalized spacial score (nSPS) is 10.5. The van der Waals surface area contributed by atoms with Crippen LogP contribution in [0.1, 0.15) is 16.1 Å². The van der Waals surface area contributed by atoms with E-state index in [0.717, 1.165) is 3.57 Å². The molecule has 100 valence electrons. The van der Waals surface area contributed by atoms with Gasteiger partial charge in [-0.2, -0.15) is 5.10 Å². The van der Waals surface area contributed by atoms with Gasteiger partial charge in [0.05, 0.1) is 16.9 Å².